The number of likely N-dealkylation sites (N-methyl/N-ethyl adjacent to an activating group) is 2. The van der Waals surface area contributed by atoms with E-state index in [1.807, 2.05) is 90.5 Å². The molecular formula is C48H72N6O11. The van der Waals surface area contributed by atoms with Crippen molar-refractivity contribution < 1.29 is 52.7 Å². The largest absolute Gasteiger partial charge is 0.458 e. The molecule has 2 aromatic rings. The van der Waals surface area contributed by atoms with Gasteiger partial charge in [0.05, 0.1) is 12.5 Å². The lowest BCUT2D eigenvalue weighted by Crippen LogP contribution is -2.63. The van der Waals surface area contributed by atoms with Gasteiger partial charge in [-0.1, -0.05) is 72.7 Å². The lowest BCUT2D eigenvalue weighted by atomic mass is 9.76. The summed E-state index contributed by atoms with van der Waals surface area (Å²) in [6.45, 7) is 24.6. The molecule has 0 bridgehead atoms. The lowest BCUT2D eigenvalue weighted by Gasteiger charge is -2.42. The summed E-state index contributed by atoms with van der Waals surface area (Å²) < 4.78 is 13.3. The molecule has 3 rings (SSSR count). The summed E-state index contributed by atoms with van der Waals surface area (Å²) in [7, 11) is 5.00. The Morgan fingerprint density at radius 2 is 1.37 bits per heavy atom. The molecule has 65 heavy (non-hydrogen) atoms. The fraction of sp³-hybridized carbons (Fsp3) is 0.625. The van der Waals surface area contributed by atoms with Crippen LogP contribution in [0, 0.1) is 11.3 Å². The van der Waals surface area contributed by atoms with Gasteiger partial charge in [-0.2, -0.15) is 0 Å². The molecule has 6 amide bonds. The molecule has 1 saturated heterocycles. The molecule has 1 aliphatic rings. The van der Waals surface area contributed by atoms with E-state index in [9.17, 15) is 38.4 Å². The maximum atomic E-state index is 14.9. The molecule has 0 unspecified atom stereocenters. The summed E-state index contributed by atoms with van der Waals surface area (Å²) in [5.41, 5.74) is -1.79. The lowest BCUT2D eigenvalue weighted by molar-refractivity contribution is -0.197. The number of nitrogens with zero attached hydrogens (tertiary/aromatic N) is 4. The van der Waals surface area contributed by atoms with Crippen LogP contribution >= 0.6 is 0 Å². The Bertz CT molecular complexity index is 2150. The number of ether oxygens (including phenoxy) is 2. The maximum absolute atomic E-state index is 14.9. The van der Waals surface area contributed by atoms with Crippen molar-refractivity contribution in [1.29, 1.82) is 0 Å². The van der Waals surface area contributed by atoms with Crippen LogP contribution in [0.15, 0.2) is 42.1 Å². The number of benzene rings is 1. The molecule has 0 spiro atoms. The van der Waals surface area contributed by atoms with E-state index in [0.717, 1.165) is 16.5 Å². The predicted molar refractivity (Wildman–Crippen MR) is 244 cm³/mol. The number of rotatable bonds is 16. The number of carbonyl (C=O) groups is 8. The number of carbonyl (C=O) groups excluding carboxylic acids is 8. The highest BCUT2D eigenvalue weighted by atomic mass is 16.7. The van der Waals surface area contributed by atoms with Crippen molar-refractivity contribution >= 4 is 58.5 Å². The van der Waals surface area contributed by atoms with E-state index in [2.05, 4.69) is 10.6 Å². The number of esters is 1. The Hall–Kier alpha value is -5.74. The summed E-state index contributed by atoms with van der Waals surface area (Å²) >= 11 is 0. The van der Waals surface area contributed by atoms with Crippen molar-refractivity contribution in [2.75, 3.05) is 14.1 Å². The molecular weight excluding hydrogens is 837 g/mol. The smallest absolute Gasteiger partial charge is 0.410 e. The van der Waals surface area contributed by atoms with Crippen LogP contribution in [0.2, 0.25) is 0 Å². The number of imide groups is 1. The van der Waals surface area contributed by atoms with Crippen molar-refractivity contribution in [1.82, 2.24) is 30.1 Å². The molecule has 1 fully saturated rings. The number of hydroxylamine groups is 2. The number of aromatic nitrogens is 1. The number of aryl methyl sites for hydroxylation is 1. The zero-order valence-electron chi connectivity index (χ0n) is 41.5. The summed E-state index contributed by atoms with van der Waals surface area (Å²) in [6, 6.07) is 3.46. The second-order valence-corrected chi connectivity index (χ2v) is 20.9. The standard InChI is InChI=1S/C48H72N6O11/c1-28(2)34(26-29(3)40(58)49-32(43(61)63-46(7,8)9)22-25-37(57)65-54-35(55)23-24-36(54)56)52(16)42(60)38(45(4,5)6)50-41(59)39(53(17)44(62)64-47(10,11)12)48(13,14)31-27-51(15)33-21-19-18-20-30(31)33/h18-21,26-28,32,34,38-39H,22-25H2,1-17H3,(H,49,58)(H,50,59)/b29-26+/t32-,34+,38+,39+/m0/s1. The number of para-hydroxylation sites is 1. The van der Waals surface area contributed by atoms with Crippen LogP contribution < -0.4 is 10.6 Å². The van der Waals surface area contributed by atoms with E-state index in [4.69, 9.17) is 14.3 Å². The molecule has 0 saturated carbocycles. The minimum absolute atomic E-state index is 0.0865. The van der Waals surface area contributed by atoms with Gasteiger partial charge in [-0.05, 0) is 77.8 Å². The van der Waals surface area contributed by atoms with E-state index >= 15 is 0 Å². The van der Waals surface area contributed by atoms with Crippen LogP contribution in [0.4, 0.5) is 4.79 Å². The molecule has 2 heterocycles. The van der Waals surface area contributed by atoms with Crippen molar-refractivity contribution in [3.8, 4) is 0 Å². The van der Waals surface area contributed by atoms with Gasteiger partial charge in [0, 0.05) is 62.1 Å². The molecule has 1 aliphatic heterocycles. The number of hydrogen-bond donors (Lipinski definition) is 2. The Balaban J connectivity index is 1.96. The van der Waals surface area contributed by atoms with Gasteiger partial charge >= 0.3 is 18.0 Å². The van der Waals surface area contributed by atoms with Gasteiger partial charge < -0.3 is 34.4 Å². The Labute approximate surface area is 383 Å². The summed E-state index contributed by atoms with van der Waals surface area (Å²) in [5, 5.41) is 6.97. The third-order valence-electron chi connectivity index (χ3n) is 11.1. The number of amides is 6. The van der Waals surface area contributed by atoms with E-state index in [1.54, 1.807) is 54.7 Å². The van der Waals surface area contributed by atoms with Crippen LogP contribution in [0.3, 0.4) is 0 Å². The van der Waals surface area contributed by atoms with Crippen LogP contribution in [0.25, 0.3) is 10.9 Å². The summed E-state index contributed by atoms with van der Waals surface area (Å²) in [5.74, 6) is -5.08. The van der Waals surface area contributed by atoms with Crippen LogP contribution in [-0.4, -0.2) is 116 Å². The first-order valence-corrected chi connectivity index (χ1v) is 22.0. The number of fused-ring (bicyclic) bond motifs is 1. The third-order valence-corrected chi connectivity index (χ3v) is 11.1. The SMILES string of the molecule is C/C(=C\[C@H](C(C)C)N(C)C(=O)[C@@H](NC(=O)[C@@H](N(C)C(=O)OC(C)(C)C)C(C)(C)c1cn(C)c2ccccc12)C(C)(C)C)C(=O)N[C@@H](CCC(=O)ON1C(=O)CCC1=O)C(=O)OC(C)(C)C. The second kappa shape index (κ2) is 20.6. The van der Waals surface area contributed by atoms with Gasteiger partial charge in [-0.15, -0.1) is 5.06 Å². The maximum Gasteiger partial charge on any atom is 0.410 e. The zero-order valence-corrected chi connectivity index (χ0v) is 41.5. The minimum atomic E-state index is -1.33. The van der Waals surface area contributed by atoms with Gasteiger partial charge in [-0.25, -0.2) is 14.4 Å². The first kappa shape index (κ1) is 53.6. The monoisotopic (exact) mass is 909 g/mol. The third kappa shape index (κ3) is 13.9. The van der Waals surface area contributed by atoms with Crippen molar-refractivity contribution in [2.45, 2.75) is 163 Å². The molecule has 0 aliphatic carbocycles. The van der Waals surface area contributed by atoms with Crippen molar-refractivity contribution in [2.24, 2.45) is 18.4 Å². The van der Waals surface area contributed by atoms with Crippen molar-refractivity contribution in [3.05, 3.63) is 47.7 Å². The summed E-state index contributed by atoms with van der Waals surface area (Å²) in [4.78, 5) is 115. The fourth-order valence-electron chi connectivity index (χ4n) is 7.69. The van der Waals surface area contributed by atoms with Gasteiger partial charge in [-0.3, -0.25) is 28.9 Å². The van der Waals surface area contributed by atoms with Crippen LogP contribution in [0.1, 0.15) is 128 Å². The Kier molecular flexibility index (Phi) is 17.0. The molecule has 4 atom stereocenters. The highest BCUT2D eigenvalue weighted by Gasteiger charge is 2.47. The number of hydrogen-bond acceptors (Lipinski definition) is 11. The molecule has 2 N–H and O–H groups in total. The van der Waals surface area contributed by atoms with Gasteiger partial charge in [0.1, 0.15) is 29.3 Å². The predicted octanol–water partition coefficient (Wildman–Crippen LogP) is 5.87. The van der Waals surface area contributed by atoms with Crippen molar-refractivity contribution in [3.63, 3.8) is 0 Å². The van der Waals surface area contributed by atoms with Gasteiger partial charge in [0.25, 0.3) is 11.8 Å². The van der Waals surface area contributed by atoms with E-state index in [0.29, 0.717) is 5.06 Å². The normalized spacial score (nSPS) is 15.8. The zero-order chi connectivity index (χ0) is 49.7. The van der Waals surface area contributed by atoms with E-state index in [-0.39, 0.29) is 30.8 Å². The highest BCUT2D eigenvalue weighted by Crippen LogP contribution is 2.37. The molecule has 17 heteroatoms. The molecule has 1 aromatic heterocycles. The Morgan fingerprint density at radius 3 is 1.89 bits per heavy atom. The average Bonchev–Trinajstić information content (AvgIpc) is 3.68. The summed E-state index contributed by atoms with van der Waals surface area (Å²) in [6.07, 6.45) is 1.93. The van der Waals surface area contributed by atoms with Crippen LogP contribution in [-0.2, 0) is 60.3 Å². The fourth-order valence-corrected chi connectivity index (χ4v) is 7.69. The molecule has 0 radical (unpaired) electrons. The van der Waals surface area contributed by atoms with Crippen LogP contribution in [0.5, 0.6) is 0 Å². The quantitative estimate of drug-likeness (QED) is 0.116. The topological polar surface area (TPSA) is 203 Å². The highest BCUT2D eigenvalue weighted by molar-refractivity contribution is 6.02. The Morgan fingerprint density at radius 1 is 0.815 bits per heavy atom. The second-order valence-electron chi connectivity index (χ2n) is 20.9. The minimum Gasteiger partial charge on any atom is -0.458 e. The molecule has 1 aromatic carbocycles. The van der Waals surface area contributed by atoms with E-state index < -0.39 is 100 Å². The van der Waals surface area contributed by atoms with Gasteiger partial charge in [0.2, 0.25) is 17.7 Å². The van der Waals surface area contributed by atoms with E-state index in [1.165, 1.54) is 23.8 Å². The first-order valence-electron chi connectivity index (χ1n) is 22.0. The molecule has 17 nitrogen and oxygen atoms in total. The molecule has 360 valence electrons. The number of nitrogens with one attached hydrogen (secondary N) is 2. The first-order chi connectivity index (χ1) is 29.7. The average molecular weight is 909 g/mol. The van der Waals surface area contributed by atoms with Gasteiger partial charge in [0.15, 0.2) is 0 Å².